The first-order valence-electron chi connectivity index (χ1n) is 16.7. The predicted octanol–water partition coefficient (Wildman–Crippen LogP) is 10.9. The van der Waals surface area contributed by atoms with Crippen molar-refractivity contribution < 1.29 is 15.4 Å². The highest BCUT2D eigenvalue weighted by molar-refractivity contribution is 6.22. The molecule has 0 spiro atoms. The Morgan fingerprint density at radius 3 is 1.62 bits per heavy atom. The van der Waals surface area contributed by atoms with E-state index in [1.165, 1.54) is 0 Å². The Hall–Kier alpha value is -5.14. The van der Waals surface area contributed by atoms with Gasteiger partial charge < -0.3 is 4.42 Å². The summed E-state index contributed by atoms with van der Waals surface area (Å²) in [7, 11) is 0. The molecule has 0 aliphatic rings. The minimum atomic E-state index is -0.428. The molecule has 8 aromatic rings. The third-order valence-electron chi connectivity index (χ3n) is 7.30. The van der Waals surface area contributed by atoms with Gasteiger partial charge in [-0.2, -0.15) is 0 Å². The van der Waals surface area contributed by atoms with Crippen molar-refractivity contribution in [1.29, 1.82) is 0 Å². The summed E-state index contributed by atoms with van der Waals surface area (Å²) in [4.78, 5) is 0. The van der Waals surface area contributed by atoms with Crippen LogP contribution in [-0.2, 0) is 0 Å². The molecule has 0 unspecified atom stereocenters. The normalized spacial score (nSPS) is 14.5. The van der Waals surface area contributed by atoms with Gasteiger partial charge >= 0.3 is 0 Å². The summed E-state index contributed by atoms with van der Waals surface area (Å²) in [6.07, 6.45) is 0. The second kappa shape index (κ2) is 8.72. The highest BCUT2D eigenvalue weighted by Crippen LogP contribution is 2.45. The average Bonchev–Trinajstić information content (AvgIpc) is 3.48. The van der Waals surface area contributed by atoms with Crippen molar-refractivity contribution in [2.45, 2.75) is 0 Å². The predicted molar refractivity (Wildman–Crippen MR) is 165 cm³/mol. The Bertz CT molecular complexity index is 2530. The number of hydrogen-bond acceptors (Lipinski definition) is 1. The second-order valence-corrected chi connectivity index (χ2v) is 9.51. The van der Waals surface area contributed by atoms with Gasteiger partial charge in [-0.05, 0) is 79.2 Å². The molecule has 0 N–H and O–H groups in total. The fraction of sp³-hybridized carbons (Fsp3) is 0. The van der Waals surface area contributed by atoms with E-state index >= 15 is 0 Å². The summed E-state index contributed by atoms with van der Waals surface area (Å²) >= 11 is 0. The molecule has 0 fully saturated rings. The molecule has 1 aromatic heterocycles. The minimum Gasteiger partial charge on any atom is -0.456 e. The summed E-state index contributed by atoms with van der Waals surface area (Å²) in [6.45, 7) is 0. The lowest BCUT2D eigenvalue weighted by molar-refractivity contribution is 0.669. The largest absolute Gasteiger partial charge is 0.456 e. The molecule has 182 valence electrons. The van der Waals surface area contributed by atoms with E-state index in [-0.39, 0.29) is 45.7 Å². The van der Waals surface area contributed by atoms with Crippen LogP contribution in [0, 0.1) is 0 Å². The van der Waals surface area contributed by atoms with Gasteiger partial charge in [-0.15, -0.1) is 0 Å². The van der Waals surface area contributed by atoms with E-state index in [4.69, 9.17) is 9.90 Å². The maximum atomic E-state index is 9.21. The first kappa shape index (κ1) is 15.3. The van der Waals surface area contributed by atoms with Gasteiger partial charge in [0.25, 0.3) is 0 Å². The first-order chi connectivity index (χ1) is 22.7. The van der Waals surface area contributed by atoms with E-state index < -0.39 is 24.2 Å². The van der Waals surface area contributed by atoms with Gasteiger partial charge in [-0.1, -0.05) is 121 Å². The van der Waals surface area contributed by atoms with Crippen LogP contribution in [0.5, 0.6) is 0 Å². The van der Waals surface area contributed by atoms with E-state index in [0.29, 0.717) is 33.4 Å². The highest BCUT2D eigenvalue weighted by atomic mass is 16.3. The van der Waals surface area contributed by atoms with Crippen LogP contribution in [0.2, 0.25) is 0 Å². The SMILES string of the molecule is [2H]c1c([2H])c([2H])c2c(-c3ccc4oc5ccccc5c4c3)c3c([2H])c([2H])c([2H])c([2H])c3c(-c3cccc(-c4ccccc4)c3)c2c1[2H]. The Morgan fingerprint density at radius 2 is 0.923 bits per heavy atom. The number of rotatable bonds is 3. The standard InChI is InChI=1S/C38H24O/c1-2-11-25(12-3-1)26-13-10-14-27(23-26)37-30-16-4-6-18-32(30)38(33-19-7-5-17-31(33)37)28-21-22-36-34(24-28)29-15-8-9-20-35(29)39-36/h1-24H/i4D,5D,6D,7D,16D,17D,18D,19D. The van der Waals surface area contributed by atoms with E-state index in [1.54, 1.807) is 12.1 Å². The van der Waals surface area contributed by atoms with Gasteiger partial charge in [0.2, 0.25) is 0 Å². The molecule has 0 atom stereocenters. The molecule has 0 radical (unpaired) electrons. The lowest BCUT2D eigenvalue weighted by Gasteiger charge is -2.18. The first-order valence-corrected chi connectivity index (χ1v) is 12.7. The van der Waals surface area contributed by atoms with Crippen LogP contribution in [-0.4, -0.2) is 0 Å². The molecule has 0 aliphatic carbocycles. The Morgan fingerprint density at radius 1 is 0.385 bits per heavy atom. The number of para-hydroxylation sites is 1. The van der Waals surface area contributed by atoms with Crippen LogP contribution >= 0.6 is 0 Å². The van der Waals surface area contributed by atoms with Gasteiger partial charge in [0.05, 0.1) is 11.0 Å². The molecule has 8 rings (SSSR count). The summed E-state index contributed by atoms with van der Waals surface area (Å²) in [5, 5.41) is 2.37. The van der Waals surface area contributed by atoms with Crippen molar-refractivity contribution in [3.05, 3.63) is 145 Å². The molecule has 39 heavy (non-hydrogen) atoms. The van der Waals surface area contributed by atoms with Crippen molar-refractivity contribution in [2.75, 3.05) is 0 Å². The maximum Gasteiger partial charge on any atom is 0.135 e. The van der Waals surface area contributed by atoms with Crippen molar-refractivity contribution in [1.82, 2.24) is 0 Å². The van der Waals surface area contributed by atoms with Crippen molar-refractivity contribution in [2.24, 2.45) is 0 Å². The summed E-state index contributed by atoms with van der Waals surface area (Å²) in [6, 6.07) is 27.4. The van der Waals surface area contributed by atoms with E-state index in [0.717, 1.165) is 21.9 Å². The van der Waals surface area contributed by atoms with Gasteiger partial charge in [0.1, 0.15) is 11.2 Å². The third kappa shape index (κ3) is 3.48. The molecule has 1 nitrogen and oxygen atoms in total. The molecule has 0 aliphatic heterocycles. The smallest absolute Gasteiger partial charge is 0.135 e. The van der Waals surface area contributed by atoms with Crippen LogP contribution in [0.1, 0.15) is 11.0 Å². The van der Waals surface area contributed by atoms with Gasteiger partial charge in [0.15, 0.2) is 0 Å². The van der Waals surface area contributed by atoms with Crippen LogP contribution in [0.4, 0.5) is 0 Å². The molecule has 1 heteroatoms. The van der Waals surface area contributed by atoms with E-state index in [9.17, 15) is 5.48 Å². The summed E-state index contributed by atoms with van der Waals surface area (Å²) in [5.41, 5.74) is 4.84. The quantitative estimate of drug-likeness (QED) is 0.218. The third-order valence-corrected chi connectivity index (χ3v) is 7.30. The summed E-state index contributed by atoms with van der Waals surface area (Å²) in [5.74, 6) is 0. The van der Waals surface area contributed by atoms with Crippen molar-refractivity contribution in [3.63, 3.8) is 0 Å². The van der Waals surface area contributed by atoms with Crippen molar-refractivity contribution >= 4 is 43.5 Å². The maximum absolute atomic E-state index is 9.21. The molecule has 0 saturated carbocycles. The zero-order valence-corrected chi connectivity index (χ0v) is 20.6. The topological polar surface area (TPSA) is 13.1 Å². The molecule has 0 saturated heterocycles. The van der Waals surface area contributed by atoms with Crippen molar-refractivity contribution in [3.8, 4) is 33.4 Å². The summed E-state index contributed by atoms with van der Waals surface area (Å²) < 4.78 is 77.6. The second-order valence-electron chi connectivity index (χ2n) is 9.51. The van der Waals surface area contributed by atoms with Gasteiger partial charge in [-0.3, -0.25) is 0 Å². The van der Waals surface area contributed by atoms with Crippen LogP contribution in [0.3, 0.4) is 0 Å². The molecular formula is C38H24O. The van der Waals surface area contributed by atoms with Gasteiger partial charge in [-0.25, -0.2) is 0 Å². The molecule has 7 aromatic carbocycles. The van der Waals surface area contributed by atoms with Crippen LogP contribution in [0.25, 0.3) is 76.9 Å². The highest BCUT2D eigenvalue weighted by Gasteiger charge is 2.18. The van der Waals surface area contributed by atoms with E-state index in [1.807, 2.05) is 84.9 Å². The average molecular weight is 505 g/mol. The Balaban J connectivity index is 1.62. The fourth-order valence-electron chi connectivity index (χ4n) is 5.57. The number of benzene rings is 7. The van der Waals surface area contributed by atoms with Crippen LogP contribution < -0.4 is 0 Å². The number of furan rings is 1. The Kier molecular flexibility index (Phi) is 3.42. The lowest BCUT2D eigenvalue weighted by Crippen LogP contribution is -1.91. The Labute approximate surface area is 237 Å². The lowest BCUT2D eigenvalue weighted by atomic mass is 9.85. The van der Waals surface area contributed by atoms with Gasteiger partial charge in [0, 0.05) is 10.8 Å². The number of fused-ring (bicyclic) bond motifs is 5. The minimum absolute atomic E-state index is 0.181. The van der Waals surface area contributed by atoms with Crippen LogP contribution in [0.15, 0.2) is 150 Å². The molecule has 1 heterocycles. The number of hydrogen-bond donors (Lipinski definition) is 0. The van der Waals surface area contributed by atoms with E-state index in [2.05, 4.69) is 0 Å². The molecule has 0 amide bonds. The fourth-order valence-corrected chi connectivity index (χ4v) is 5.57. The monoisotopic (exact) mass is 504 g/mol. The zero-order chi connectivity index (χ0) is 32.7. The zero-order valence-electron chi connectivity index (χ0n) is 28.6. The molecular weight excluding hydrogens is 472 g/mol. The molecule has 0 bridgehead atoms.